The Morgan fingerprint density at radius 2 is 1.43 bits per heavy atom. The molecule has 0 N–H and O–H groups in total. The third kappa shape index (κ3) is 10.7. The maximum Gasteiger partial charge on any atom is 0.125 e. The van der Waals surface area contributed by atoms with Crippen LogP contribution in [-0.4, -0.2) is 6.29 Å². The van der Waals surface area contributed by atoms with Crippen LogP contribution in [0.1, 0.15) is 20.8 Å². The van der Waals surface area contributed by atoms with Gasteiger partial charge in [-0.25, -0.2) is 0 Å². The summed E-state index contributed by atoms with van der Waals surface area (Å²) in [6.07, 6.45) is 0.938. The van der Waals surface area contributed by atoms with E-state index in [4.69, 9.17) is 0 Å². The van der Waals surface area contributed by atoms with E-state index >= 15 is 0 Å². The van der Waals surface area contributed by atoms with Crippen molar-refractivity contribution in [3.63, 3.8) is 0 Å². The lowest BCUT2D eigenvalue weighted by molar-refractivity contribution is -0.113. The molecule has 0 amide bonds. The van der Waals surface area contributed by atoms with Gasteiger partial charge in [-0.05, 0) is 0 Å². The van der Waals surface area contributed by atoms with E-state index in [9.17, 15) is 4.79 Å². The number of halogens is 1. The van der Waals surface area contributed by atoms with Crippen LogP contribution in [0.15, 0.2) is 0 Å². The van der Waals surface area contributed by atoms with Crippen molar-refractivity contribution in [3.8, 4) is 0 Å². The molecule has 0 aromatic rings. The van der Waals surface area contributed by atoms with Crippen molar-refractivity contribution in [2.24, 2.45) is 5.41 Å². The minimum absolute atomic E-state index is 0. The molecule has 1 nitrogen and oxygen atoms in total. The van der Waals surface area contributed by atoms with Gasteiger partial charge in [0.25, 0.3) is 0 Å². The standard InChI is InChI=1S/C5H10O.ClH/c1-5(2,3)4-6;/h4H,1-3H3;1H. The highest BCUT2D eigenvalue weighted by Gasteiger charge is 2.04. The van der Waals surface area contributed by atoms with E-state index in [2.05, 4.69) is 0 Å². The van der Waals surface area contributed by atoms with E-state index in [1.54, 1.807) is 0 Å². The fourth-order valence-corrected chi connectivity index (χ4v) is 0. The van der Waals surface area contributed by atoms with Crippen LogP contribution in [-0.2, 0) is 4.79 Å². The van der Waals surface area contributed by atoms with Gasteiger partial charge in [0, 0.05) is 5.41 Å². The second kappa shape index (κ2) is 3.03. The molecular weight excluding hydrogens is 112 g/mol. The van der Waals surface area contributed by atoms with Gasteiger partial charge in [-0.15, -0.1) is 12.4 Å². The van der Waals surface area contributed by atoms with E-state index in [-0.39, 0.29) is 17.8 Å². The summed E-state index contributed by atoms with van der Waals surface area (Å²) in [5, 5.41) is 0. The normalized spacial score (nSPS) is 9.57. The van der Waals surface area contributed by atoms with Crippen LogP contribution in [0.25, 0.3) is 0 Å². The molecule has 0 bridgehead atoms. The van der Waals surface area contributed by atoms with E-state index < -0.39 is 0 Å². The molecule has 0 heterocycles. The predicted molar refractivity (Wildman–Crippen MR) is 32.8 cm³/mol. The molecule has 0 atom stereocenters. The summed E-state index contributed by atoms with van der Waals surface area (Å²) in [5.74, 6) is 0. The van der Waals surface area contributed by atoms with Crippen LogP contribution in [0.4, 0.5) is 0 Å². The number of rotatable bonds is 0. The van der Waals surface area contributed by atoms with E-state index in [1.807, 2.05) is 20.8 Å². The quantitative estimate of drug-likeness (QED) is 0.447. The summed E-state index contributed by atoms with van der Waals surface area (Å²) in [4.78, 5) is 9.83. The van der Waals surface area contributed by atoms with Crippen LogP contribution >= 0.6 is 12.4 Å². The summed E-state index contributed by atoms with van der Waals surface area (Å²) in [6.45, 7) is 5.62. The van der Waals surface area contributed by atoms with Gasteiger partial charge in [0.2, 0.25) is 0 Å². The second-order valence-corrected chi connectivity index (χ2v) is 2.48. The van der Waals surface area contributed by atoms with E-state index in [0.717, 1.165) is 6.29 Å². The van der Waals surface area contributed by atoms with Crippen molar-refractivity contribution in [2.45, 2.75) is 20.8 Å². The number of hydrogen-bond acceptors (Lipinski definition) is 1. The van der Waals surface area contributed by atoms with E-state index in [0.29, 0.717) is 0 Å². The largest absolute Gasteiger partial charge is 0.303 e. The highest BCUT2D eigenvalue weighted by Crippen LogP contribution is 2.05. The van der Waals surface area contributed by atoms with Crippen molar-refractivity contribution >= 4 is 18.7 Å². The molecule has 0 spiro atoms. The predicted octanol–water partition coefficient (Wildman–Crippen LogP) is 1.65. The van der Waals surface area contributed by atoms with Gasteiger partial charge in [0.05, 0.1) is 0 Å². The van der Waals surface area contributed by atoms with Crippen LogP contribution in [0.5, 0.6) is 0 Å². The molecule has 0 saturated heterocycles. The number of carbonyl (C=O) groups is 1. The summed E-state index contributed by atoms with van der Waals surface area (Å²) >= 11 is 0. The zero-order valence-corrected chi connectivity index (χ0v) is 5.71. The SMILES string of the molecule is CC(C)(C)C=O.Cl. The Kier molecular flexibility index (Phi) is 4.35. The molecule has 0 fully saturated rings. The average molecular weight is 123 g/mol. The van der Waals surface area contributed by atoms with Crippen LogP contribution in [0.3, 0.4) is 0 Å². The van der Waals surface area contributed by atoms with Gasteiger partial charge >= 0.3 is 0 Å². The van der Waals surface area contributed by atoms with Crippen molar-refractivity contribution in [1.29, 1.82) is 0 Å². The maximum absolute atomic E-state index is 9.83. The Morgan fingerprint density at radius 1 is 1.29 bits per heavy atom. The first-order valence-electron chi connectivity index (χ1n) is 2.02. The Balaban J connectivity index is 0. The van der Waals surface area contributed by atoms with E-state index in [1.165, 1.54) is 0 Å². The van der Waals surface area contributed by atoms with Gasteiger partial charge in [-0.1, -0.05) is 20.8 Å². The van der Waals surface area contributed by atoms with Crippen LogP contribution in [0.2, 0.25) is 0 Å². The Hall–Kier alpha value is -0.0400. The molecule has 0 aliphatic heterocycles. The molecule has 0 rings (SSSR count). The Morgan fingerprint density at radius 3 is 1.43 bits per heavy atom. The molecule has 0 aromatic carbocycles. The average Bonchev–Trinajstić information content (AvgIpc) is 1.35. The summed E-state index contributed by atoms with van der Waals surface area (Å²) < 4.78 is 0. The van der Waals surface area contributed by atoms with Gasteiger partial charge in [-0.2, -0.15) is 0 Å². The van der Waals surface area contributed by atoms with Crippen LogP contribution < -0.4 is 0 Å². The molecule has 0 unspecified atom stereocenters. The summed E-state index contributed by atoms with van der Waals surface area (Å²) in [5.41, 5.74) is -0.139. The molecule has 0 aliphatic carbocycles. The Bertz CT molecular complexity index is 53.6. The highest BCUT2D eigenvalue weighted by molar-refractivity contribution is 5.85. The number of carbonyl (C=O) groups excluding carboxylic acids is 1. The highest BCUT2D eigenvalue weighted by atomic mass is 35.5. The molecule has 0 radical (unpaired) electrons. The van der Waals surface area contributed by atoms with Crippen molar-refractivity contribution < 1.29 is 4.79 Å². The fourth-order valence-electron chi connectivity index (χ4n) is 0. The van der Waals surface area contributed by atoms with Gasteiger partial charge in [0.15, 0.2) is 0 Å². The fraction of sp³-hybridized carbons (Fsp3) is 0.800. The smallest absolute Gasteiger partial charge is 0.125 e. The van der Waals surface area contributed by atoms with Crippen LogP contribution in [0, 0.1) is 5.41 Å². The van der Waals surface area contributed by atoms with Crippen molar-refractivity contribution in [1.82, 2.24) is 0 Å². The molecule has 44 valence electrons. The third-order valence-electron chi connectivity index (χ3n) is 0.354. The monoisotopic (exact) mass is 122 g/mol. The number of hydrogen-bond donors (Lipinski definition) is 0. The molecule has 7 heavy (non-hydrogen) atoms. The first-order valence-corrected chi connectivity index (χ1v) is 2.02. The minimum atomic E-state index is -0.139. The lowest BCUT2D eigenvalue weighted by atomic mass is 10.0. The topological polar surface area (TPSA) is 17.1 Å². The molecule has 0 aliphatic rings. The number of aldehydes is 1. The minimum Gasteiger partial charge on any atom is -0.303 e. The van der Waals surface area contributed by atoms with Gasteiger partial charge in [-0.3, -0.25) is 0 Å². The lowest BCUT2D eigenvalue weighted by Gasteiger charge is -2.03. The van der Waals surface area contributed by atoms with Gasteiger partial charge < -0.3 is 4.79 Å². The second-order valence-electron chi connectivity index (χ2n) is 2.48. The van der Waals surface area contributed by atoms with Crippen molar-refractivity contribution in [3.05, 3.63) is 0 Å². The maximum atomic E-state index is 9.83. The summed E-state index contributed by atoms with van der Waals surface area (Å²) in [7, 11) is 0. The van der Waals surface area contributed by atoms with Crippen molar-refractivity contribution in [2.75, 3.05) is 0 Å². The van der Waals surface area contributed by atoms with Gasteiger partial charge in [0.1, 0.15) is 6.29 Å². The first-order chi connectivity index (χ1) is 2.56. The molecule has 2 heteroatoms. The third-order valence-corrected chi connectivity index (χ3v) is 0.354. The lowest BCUT2D eigenvalue weighted by Crippen LogP contribution is -2.04. The molecule has 0 saturated carbocycles. The Labute approximate surface area is 50.5 Å². The molecular formula is C5H11ClO. The molecule has 0 aromatic heterocycles. The first kappa shape index (κ1) is 10.0. The summed E-state index contributed by atoms with van der Waals surface area (Å²) in [6, 6.07) is 0. The zero-order chi connectivity index (χ0) is 5.21. The zero-order valence-electron chi connectivity index (χ0n) is 4.89.